The Labute approximate surface area is 114 Å². The molecule has 1 heterocycles. The highest BCUT2D eigenvalue weighted by molar-refractivity contribution is 7.99. The van der Waals surface area contributed by atoms with Crippen molar-refractivity contribution in [2.45, 2.75) is 19.9 Å². The molecule has 0 aliphatic rings. The van der Waals surface area contributed by atoms with Crippen LogP contribution in [0.1, 0.15) is 13.8 Å². The van der Waals surface area contributed by atoms with E-state index in [0.717, 1.165) is 11.5 Å². The second-order valence-electron chi connectivity index (χ2n) is 4.10. The van der Waals surface area contributed by atoms with E-state index in [1.807, 2.05) is 18.7 Å². The van der Waals surface area contributed by atoms with Crippen LogP contribution in [-0.4, -0.2) is 27.5 Å². The number of nitro groups is 1. The minimum absolute atomic E-state index is 0.0371. The molecule has 0 aliphatic carbocycles. The van der Waals surface area contributed by atoms with Crippen LogP contribution in [0.4, 0.5) is 11.7 Å². The molecule has 1 N–H and O–H groups in total. The van der Waals surface area contributed by atoms with Gasteiger partial charge >= 0.3 is 0 Å². The second-order valence-corrected chi connectivity index (χ2v) is 5.42. The molecule has 1 aromatic heterocycles. The first-order valence-electron chi connectivity index (χ1n) is 6.00. The molecular formula is C12H15N3O3S. The van der Waals surface area contributed by atoms with Crippen molar-refractivity contribution in [3.63, 3.8) is 0 Å². The van der Waals surface area contributed by atoms with Crippen LogP contribution in [0.3, 0.4) is 0 Å². The number of nitro benzene ring substituents is 1. The molecule has 0 saturated carbocycles. The van der Waals surface area contributed by atoms with Gasteiger partial charge in [0.25, 0.3) is 11.7 Å². The van der Waals surface area contributed by atoms with Gasteiger partial charge in [-0.05, 0) is 18.7 Å². The molecule has 1 atom stereocenters. The van der Waals surface area contributed by atoms with E-state index in [0.29, 0.717) is 11.6 Å². The summed E-state index contributed by atoms with van der Waals surface area (Å²) in [6.07, 6.45) is 0. The molecular weight excluding hydrogens is 266 g/mol. The van der Waals surface area contributed by atoms with E-state index in [1.54, 1.807) is 12.1 Å². The van der Waals surface area contributed by atoms with Crippen LogP contribution in [-0.2, 0) is 0 Å². The highest BCUT2D eigenvalue weighted by atomic mass is 32.2. The number of aromatic nitrogens is 1. The average Bonchev–Trinajstić information content (AvgIpc) is 2.77. The fourth-order valence-electron chi connectivity index (χ4n) is 1.69. The zero-order valence-corrected chi connectivity index (χ0v) is 11.6. The number of nitrogens with one attached hydrogen (secondary N) is 1. The molecule has 7 heteroatoms. The lowest BCUT2D eigenvalue weighted by Crippen LogP contribution is -2.18. The van der Waals surface area contributed by atoms with Crippen LogP contribution in [0.25, 0.3) is 11.1 Å². The Morgan fingerprint density at radius 1 is 1.58 bits per heavy atom. The minimum atomic E-state index is -0.453. The van der Waals surface area contributed by atoms with Gasteiger partial charge in [-0.15, -0.1) is 0 Å². The lowest BCUT2D eigenvalue weighted by molar-refractivity contribution is -0.383. The van der Waals surface area contributed by atoms with Crippen LogP contribution in [0.5, 0.6) is 0 Å². The lowest BCUT2D eigenvalue weighted by atomic mass is 10.3. The van der Waals surface area contributed by atoms with Crippen molar-refractivity contribution in [3.05, 3.63) is 28.3 Å². The first kappa shape index (κ1) is 13.7. The Bertz CT molecular complexity index is 585. The van der Waals surface area contributed by atoms with Crippen molar-refractivity contribution < 1.29 is 9.34 Å². The fraction of sp³-hybridized carbons (Fsp3) is 0.417. The van der Waals surface area contributed by atoms with Gasteiger partial charge in [0.2, 0.25) is 0 Å². The topological polar surface area (TPSA) is 81.2 Å². The van der Waals surface area contributed by atoms with Gasteiger partial charge in [-0.2, -0.15) is 16.7 Å². The fourth-order valence-corrected chi connectivity index (χ4v) is 2.36. The average molecular weight is 281 g/mol. The predicted octanol–water partition coefficient (Wildman–Crippen LogP) is 3.29. The predicted molar refractivity (Wildman–Crippen MR) is 76.7 cm³/mol. The molecule has 6 nitrogen and oxygen atoms in total. The third kappa shape index (κ3) is 3.17. The molecule has 0 radical (unpaired) electrons. The number of nitrogens with zero attached hydrogens (tertiary/aromatic N) is 2. The number of rotatable bonds is 6. The molecule has 0 spiro atoms. The summed E-state index contributed by atoms with van der Waals surface area (Å²) in [7, 11) is 0. The molecule has 0 aliphatic heterocycles. The van der Waals surface area contributed by atoms with Gasteiger partial charge in [-0.3, -0.25) is 10.1 Å². The van der Waals surface area contributed by atoms with E-state index in [1.165, 1.54) is 6.07 Å². The number of thioether (sulfide) groups is 1. The number of hydrogen-bond acceptors (Lipinski definition) is 6. The molecule has 2 aromatic rings. The monoisotopic (exact) mass is 281 g/mol. The van der Waals surface area contributed by atoms with E-state index in [2.05, 4.69) is 17.2 Å². The van der Waals surface area contributed by atoms with Gasteiger partial charge in [-0.1, -0.05) is 13.0 Å². The summed E-state index contributed by atoms with van der Waals surface area (Å²) in [6.45, 7) is 4.12. The van der Waals surface area contributed by atoms with Crippen LogP contribution < -0.4 is 5.32 Å². The summed E-state index contributed by atoms with van der Waals surface area (Å²) >= 11 is 1.81. The van der Waals surface area contributed by atoms with Crippen LogP contribution >= 0.6 is 11.8 Å². The molecule has 0 amide bonds. The second kappa shape index (κ2) is 5.92. The Morgan fingerprint density at radius 2 is 2.37 bits per heavy atom. The molecule has 0 fully saturated rings. The third-order valence-electron chi connectivity index (χ3n) is 2.54. The zero-order valence-electron chi connectivity index (χ0n) is 10.8. The van der Waals surface area contributed by atoms with Crippen molar-refractivity contribution in [2.75, 3.05) is 16.8 Å². The van der Waals surface area contributed by atoms with Crippen LogP contribution in [0.2, 0.25) is 0 Å². The standard InChI is InChI=1S/C12H15N3O3S/c1-3-19-7-8(2)13-12-14-11-9(15(16)17)5-4-6-10(11)18-12/h4-6,8H,3,7H2,1-2H3,(H,13,14). The zero-order chi connectivity index (χ0) is 13.8. The summed E-state index contributed by atoms with van der Waals surface area (Å²) in [5.41, 5.74) is 0.669. The number of anilines is 1. The van der Waals surface area contributed by atoms with Crippen LogP contribution in [0.15, 0.2) is 22.6 Å². The van der Waals surface area contributed by atoms with Gasteiger partial charge < -0.3 is 9.73 Å². The molecule has 0 saturated heterocycles. The summed E-state index contributed by atoms with van der Waals surface area (Å²) in [4.78, 5) is 14.6. The van der Waals surface area contributed by atoms with Gasteiger partial charge in [0, 0.05) is 17.9 Å². The van der Waals surface area contributed by atoms with E-state index in [-0.39, 0.29) is 17.2 Å². The van der Waals surface area contributed by atoms with E-state index in [9.17, 15) is 10.1 Å². The third-order valence-corrected chi connectivity index (χ3v) is 3.68. The largest absolute Gasteiger partial charge is 0.423 e. The number of benzene rings is 1. The first-order valence-corrected chi connectivity index (χ1v) is 7.15. The van der Waals surface area contributed by atoms with Gasteiger partial charge in [-0.25, -0.2) is 0 Å². The van der Waals surface area contributed by atoms with Crippen molar-refractivity contribution >= 4 is 34.6 Å². The lowest BCUT2D eigenvalue weighted by Gasteiger charge is -2.10. The molecule has 1 unspecified atom stereocenters. The summed E-state index contributed by atoms with van der Waals surface area (Å²) in [6, 6.07) is 5.20. The van der Waals surface area contributed by atoms with Crippen LogP contribution in [0, 0.1) is 10.1 Å². The highest BCUT2D eigenvalue weighted by Crippen LogP contribution is 2.27. The molecule has 2 rings (SSSR count). The molecule has 0 bridgehead atoms. The molecule has 19 heavy (non-hydrogen) atoms. The van der Waals surface area contributed by atoms with Gasteiger partial charge in [0.1, 0.15) is 0 Å². The molecule has 1 aromatic carbocycles. The number of para-hydroxylation sites is 1. The normalized spacial score (nSPS) is 12.5. The maximum atomic E-state index is 10.9. The number of fused-ring (bicyclic) bond motifs is 1. The molecule has 102 valence electrons. The Balaban J connectivity index is 2.22. The van der Waals surface area contributed by atoms with Crippen molar-refractivity contribution in [3.8, 4) is 0 Å². The summed E-state index contributed by atoms with van der Waals surface area (Å²) in [5.74, 6) is 1.97. The number of hydrogen-bond donors (Lipinski definition) is 1. The Kier molecular flexibility index (Phi) is 4.26. The maximum absolute atomic E-state index is 10.9. The van der Waals surface area contributed by atoms with Gasteiger partial charge in [0.05, 0.1) is 4.92 Å². The summed E-state index contributed by atoms with van der Waals surface area (Å²) in [5, 5.41) is 14.0. The minimum Gasteiger partial charge on any atom is -0.423 e. The number of oxazole rings is 1. The van der Waals surface area contributed by atoms with E-state index < -0.39 is 4.92 Å². The SMILES string of the molecule is CCSCC(C)Nc1nc2c([N+](=O)[O-])cccc2o1. The van der Waals surface area contributed by atoms with Crippen molar-refractivity contribution in [1.82, 2.24) is 4.98 Å². The van der Waals surface area contributed by atoms with Crippen molar-refractivity contribution in [2.24, 2.45) is 0 Å². The quantitative estimate of drug-likeness (QED) is 0.646. The first-order chi connectivity index (χ1) is 9.11. The highest BCUT2D eigenvalue weighted by Gasteiger charge is 2.17. The summed E-state index contributed by atoms with van der Waals surface area (Å²) < 4.78 is 5.47. The van der Waals surface area contributed by atoms with Crippen molar-refractivity contribution in [1.29, 1.82) is 0 Å². The Hall–Kier alpha value is -1.76. The maximum Gasteiger partial charge on any atom is 0.298 e. The number of non-ortho nitro benzene ring substituents is 1. The van der Waals surface area contributed by atoms with E-state index >= 15 is 0 Å². The van der Waals surface area contributed by atoms with E-state index in [4.69, 9.17) is 4.42 Å². The Morgan fingerprint density at radius 3 is 3.05 bits per heavy atom. The smallest absolute Gasteiger partial charge is 0.298 e. The van der Waals surface area contributed by atoms with Gasteiger partial charge in [0.15, 0.2) is 11.1 Å².